The predicted octanol–water partition coefficient (Wildman–Crippen LogP) is 7.38. The molecule has 2 aromatic carbocycles. The summed E-state index contributed by atoms with van der Waals surface area (Å²) in [6.45, 7) is 0. The lowest BCUT2D eigenvalue weighted by atomic mass is 9.27. The van der Waals surface area contributed by atoms with E-state index < -0.39 is 10.8 Å². The van der Waals surface area contributed by atoms with Crippen LogP contribution in [0.5, 0.6) is 23.0 Å². The Hall–Kier alpha value is -5.12. The first-order chi connectivity index (χ1) is 25.9. The topological polar surface area (TPSA) is 171 Å². The van der Waals surface area contributed by atoms with Crippen LogP contribution in [0.4, 0.5) is 11.4 Å². The number of hydrogen-bond acceptors (Lipinski definition) is 10. The minimum Gasteiger partial charge on any atom is -0.506 e. The first kappa shape index (κ1) is 33.4. The van der Waals surface area contributed by atoms with E-state index in [2.05, 4.69) is 9.97 Å². The van der Waals surface area contributed by atoms with Crippen molar-refractivity contribution < 1.29 is 29.3 Å². The average molecular weight is 727 g/mol. The Morgan fingerprint density at radius 3 is 1.43 bits per heavy atom. The molecule has 10 nitrogen and oxygen atoms in total. The summed E-state index contributed by atoms with van der Waals surface area (Å²) in [5.41, 5.74) is 12.7. The molecule has 0 radical (unpaired) electrons. The van der Waals surface area contributed by atoms with Crippen molar-refractivity contribution >= 4 is 23.3 Å². The fraction of sp³-hybridized carbons (Fsp3) is 0.455. The van der Waals surface area contributed by atoms with Gasteiger partial charge in [-0.15, -0.1) is 0 Å². The van der Waals surface area contributed by atoms with Gasteiger partial charge in [-0.25, -0.2) is 0 Å². The van der Waals surface area contributed by atoms with E-state index in [-0.39, 0.29) is 56.9 Å². The second-order valence-corrected chi connectivity index (χ2v) is 18.4. The van der Waals surface area contributed by atoms with Crippen molar-refractivity contribution in [3.8, 4) is 23.0 Å². The molecule has 8 fully saturated rings. The van der Waals surface area contributed by atoms with Crippen molar-refractivity contribution in [3.05, 3.63) is 96.6 Å². The van der Waals surface area contributed by atoms with Crippen molar-refractivity contribution in [1.29, 1.82) is 0 Å². The largest absolute Gasteiger partial charge is 0.506 e. The number of esters is 2. The summed E-state index contributed by atoms with van der Waals surface area (Å²) in [7, 11) is 0. The molecule has 6 N–H and O–H groups in total. The SMILES string of the molecule is Nc1cc(C23CC4CC(C(=O)Oc5cccnc5)(C2)CC(C25CC6CC(C(=O)Oc7cccnc7)(CC(c7ccc(O)c(N)c7)(C6)C2)C5)(C4)C3)ccc1O. The van der Waals surface area contributed by atoms with Gasteiger partial charge in [-0.05, 0) is 170 Å². The summed E-state index contributed by atoms with van der Waals surface area (Å²) in [6.07, 6.45) is 16.1. The van der Waals surface area contributed by atoms with E-state index in [1.807, 2.05) is 24.3 Å². The maximum absolute atomic E-state index is 14.8. The molecule has 8 unspecified atom stereocenters. The first-order valence-electron chi connectivity index (χ1n) is 19.3. The number of nitrogen functional groups attached to an aromatic ring is 2. The van der Waals surface area contributed by atoms with Crippen molar-refractivity contribution in [3.63, 3.8) is 0 Å². The van der Waals surface area contributed by atoms with Gasteiger partial charge in [-0.2, -0.15) is 0 Å². The number of carbonyl (C=O) groups is 2. The Morgan fingerprint density at radius 2 is 1.04 bits per heavy atom. The number of phenolic OH excluding ortho intramolecular Hbond substituents is 2. The molecule has 0 saturated heterocycles. The minimum atomic E-state index is -0.759. The molecule has 0 amide bonds. The molecular weight excluding hydrogens is 681 g/mol. The van der Waals surface area contributed by atoms with E-state index in [0.717, 1.165) is 62.5 Å². The fourth-order valence-electron chi connectivity index (χ4n) is 14.2. The summed E-state index contributed by atoms with van der Waals surface area (Å²) >= 11 is 0. The Bertz CT molecular complexity index is 2050. The van der Waals surface area contributed by atoms with Gasteiger partial charge < -0.3 is 31.2 Å². The second kappa shape index (κ2) is 11.2. The Labute approximate surface area is 314 Å². The highest BCUT2D eigenvalue weighted by Gasteiger charge is 2.77. The number of ether oxygens (including phenoxy) is 2. The van der Waals surface area contributed by atoms with Crippen LogP contribution < -0.4 is 20.9 Å². The van der Waals surface area contributed by atoms with Crippen LogP contribution in [-0.2, 0) is 20.4 Å². The second-order valence-electron chi connectivity index (χ2n) is 18.4. The number of nitrogens with two attached hydrogens (primary N) is 2. The maximum atomic E-state index is 14.8. The van der Waals surface area contributed by atoms with Crippen molar-refractivity contribution in [1.82, 2.24) is 9.97 Å². The summed E-state index contributed by atoms with van der Waals surface area (Å²) in [5.74, 6) is 1.06. The third-order valence-electron chi connectivity index (χ3n) is 15.1. The predicted molar refractivity (Wildman–Crippen MR) is 200 cm³/mol. The third-order valence-corrected chi connectivity index (χ3v) is 15.1. The number of anilines is 2. The summed E-state index contributed by atoms with van der Waals surface area (Å²) < 4.78 is 12.5. The molecule has 8 saturated carbocycles. The summed E-state index contributed by atoms with van der Waals surface area (Å²) in [4.78, 5) is 38.1. The van der Waals surface area contributed by atoms with E-state index in [0.29, 0.717) is 48.6 Å². The number of rotatable bonds is 7. The van der Waals surface area contributed by atoms with Crippen LogP contribution in [0.15, 0.2) is 85.5 Å². The smallest absolute Gasteiger partial charge is 0.317 e. The average Bonchev–Trinajstić information content (AvgIpc) is 3.13. The van der Waals surface area contributed by atoms with Crippen molar-refractivity contribution in [2.45, 2.75) is 87.9 Å². The van der Waals surface area contributed by atoms with Gasteiger partial charge >= 0.3 is 11.9 Å². The lowest BCUT2D eigenvalue weighted by Crippen LogP contribution is -2.71. The van der Waals surface area contributed by atoms with E-state index >= 15 is 0 Å². The molecule has 8 atom stereocenters. The highest BCUT2D eigenvalue weighted by Crippen LogP contribution is 2.82. The molecule has 2 aromatic heterocycles. The van der Waals surface area contributed by atoms with Crippen LogP contribution in [0.25, 0.3) is 0 Å². The van der Waals surface area contributed by atoms with Gasteiger partial charge in [0.15, 0.2) is 0 Å². The van der Waals surface area contributed by atoms with Crippen LogP contribution in [0.1, 0.15) is 88.2 Å². The lowest BCUT2D eigenvalue weighted by molar-refractivity contribution is -0.250. The lowest BCUT2D eigenvalue weighted by Gasteiger charge is -2.76. The molecule has 2 heterocycles. The van der Waals surface area contributed by atoms with Gasteiger partial charge in [0.25, 0.3) is 0 Å². The van der Waals surface area contributed by atoms with Gasteiger partial charge in [-0.1, -0.05) is 12.1 Å². The molecule has 0 spiro atoms. The van der Waals surface area contributed by atoms with E-state index in [9.17, 15) is 19.8 Å². The van der Waals surface area contributed by atoms with Crippen LogP contribution in [0.3, 0.4) is 0 Å². The zero-order chi connectivity index (χ0) is 37.1. The van der Waals surface area contributed by atoms with E-state index in [1.54, 1.807) is 61.2 Å². The van der Waals surface area contributed by atoms with Crippen LogP contribution in [0.2, 0.25) is 0 Å². The van der Waals surface area contributed by atoms with Crippen LogP contribution in [-0.4, -0.2) is 32.1 Å². The molecular formula is C44H46N4O6. The van der Waals surface area contributed by atoms with Gasteiger partial charge in [0.2, 0.25) is 0 Å². The monoisotopic (exact) mass is 726 g/mol. The summed E-state index contributed by atoms with van der Waals surface area (Å²) in [5, 5.41) is 21.0. The summed E-state index contributed by atoms with van der Waals surface area (Å²) in [6, 6.07) is 18.3. The zero-order valence-electron chi connectivity index (χ0n) is 30.3. The fourth-order valence-corrected chi connectivity index (χ4v) is 14.2. The van der Waals surface area contributed by atoms with Gasteiger partial charge in [-0.3, -0.25) is 19.6 Å². The van der Waals surface area contributed by atoms with Crippen molar-refractivity contribution in [2.75, 3.05) is 11.5 Å². The molecule has 10 heteroatoms. The molecule has 8 aliphatic carbocycles. The molecule has 8 bridgehead atoms. The molecule has 12 rings (SSSR count). The number of aromatic nitrogens is 2. The molecule has 0 aliphatic heterocycles. The van der Waals surface area contributed by atoms with Gasteiger partial charge in [0, 0.05) is 12.4 Å². The standard InChI is InChI=1S/C44H46N4O6/c45-33-11-29(5-7-35(33)49)39-13-27-15-41(21-39,37(51)53-31-3-1-9-47-19-31)25-43(17-27,23-39)44-18-28-14-40(24-44,30-6-8-36(50)34(46)12-30)22-42(16-28,26-44)38(52)54-32-4-2-10-48-20-32/h1-12,19-20,27-28,49-50H,13-18,21-26,45-46H2. The number of nitrogens with zero attached hydrogens (tertiary/aromatic N) is 2. The van der Waals surface area contributed by atoms with Crippen LogP contribution >= 0.6 is 0 Å². The number of hydrogen-bond donors (Lipinski definition) is 4. The number of aromatic hydroxyl groups is 2. The number of pyridine rings is 2. The first-order valence-corrected chi connectivity index (χ1v) is 19.3. The third kappa shape index (κ3) is 4.77. The highest BCUT2D eigenvalue weighted by atomic mass is 16.5. The minimum absolute atomic E-state index is 0.0501. The Morgan fingerprint density at radius 1 is 0.593 bits per heavy atom. The number of carbonyl (C=O) groups excluding carboxylic acids is 2. The Balaban J connectivity index is 1.14. The molecule has 8 aliphatic rings. The van der Waals surface area contributed by atoms with Gasteiger partial charge in [0.05, 0.1) is 34.6 Å². The van der Waals surface area contributed by atoms with Crippen molar-refractivity contribution in [2.24, 2.45) is 33.5 Å². The van der Waals surface area contributed by atoms with Gasteiger partial charge in [0.1, 0.15) is 23.0 Å². The van der Waals surface area contributed by atoms with E-state index in [4.69, 9.17) is 20.9 Å². The molecule has 278 valence electrons. The molecule has 54 heavy (non-hydrogen) atoms. The normalized spacial score (nSPS) is 36.9. The maximum Gasteiger partial charge on any atom is 0.317 e. The number of benzene rings is 2. The number of phenols is 2. The quantitative estimate of drug-likeness (QED) is 0.0856. The van der Waals surface area contributed by atoms with E-state index in [1.165, 1.54) is 0 Å². The zero-order valence-corrected chi connectivity index (χ0v) is 30.3. The van der Waals surface area contributed by atoms with Crippen LogP contribution in [0, 0.1) is 33.5 Å². The highest BCUT2D eigenvalue weighted by molar-refractivity contribution is 5.82. The Kier molecular flexibility index (Phi) is 6.94. The molecule has 4 aromatic rings.